The van der Waals surface area contributed by atoms with E-state index in [1.165, 1.54) is 12.1 Å². The van der Waals surface area contributed by atoms with Crippen LogP contribution in [0.3, 0.4) is 0 Å². The Balaban J connectivity index is 1.92. The number of ether oxygens (including phenoxy) is 2. The molecule has 7 nitrogen and oxygen atoms in total. The number of fused-ring (bicyclic) bond motifs is 1. The molecule has 2 heterocycles. The van der Waals surface area contributed by atoms with Crippen molar-refractivity contribution in [3.63, 3.8) is 0 Å². The van der Waals surface area contributed by atoms with Crippen LogP contribution in [-0.4, -0.2) is 52.5 Å². The number of aliphatic carboxylic acids is 1. The second-order valence-electron chi connectivity index (χ2n) is 4.89. The van der Waals surface area contributed by atoms with Gasteiger partial charge in [0.2, 0.25) is 6.79 Å². The van der Waals surface area contributed by atoms with Crippen LogP contribution in [0.25, 0.3) is 0 Å². The Labute approximate surface area is 124 Å². The molecule has 112 valence electrons. The van der Waals surface area contributed by atoms with Crippen LogP contribution in [0.5, 0.6) is 11.5 Å². The number of aliphatic hydroxyl groups is 1. The molecule has 2 atom stereocenters. The number of carbonyl (C=O) groups is 2. The molecule has 2 N–H and O–H groups in total. The van der Waals surface area contributed by atoms with Gasteiger partial charge >= 0.3 is 5.97 Å². The molecule has 1 aromatic rings. The summed E-state index contributed by atoms with van der Waals surface area (Å²) in [6.07, 6.45) is -0.834. The number of amides is 1. The third-order valence-corrected chi connectivity index (χ3v) is 3.78. The SMILES string of the molecule is O=C(O)C1CC(O)CN1C(=O)c1cc(Cl)c2c(c1)OCO2. The third kappa shape index (κ3) is 2.38. The van der Waals surface area contributed by atoms with Crippen LogP contribution in [-0.2, 0) is 4.79 Å². The first-order valence-electron chi connectivity index (χ1n) is 6.28. The molecule has 1 fully saturated rings. The predicted molar refractivity (Wildman–Crippen MR) is 70.7 cm³/mol. The molecule has 3 rings (SSSR count). The number of halogens is 1. The van der Waals surface area contributed by atoms with Gasteiger partial charge in [-0.2, -0.15) is 0 Å². The van der Waals surface area contributed by atoms with Gasteiger partial charge in [0.05, 0.1) is 11.1 Å². The van der Waals surface area contributed by atoms with E-state index < -0.39 is 24.0 Å². The number of carbonyl (C=O) groups excluding carboxylic acids is 1. The summed E-state index contributed by atoms with van der Waals surface area (Å²) >= 11 is 6.01. The Morgan fingerprint density at radius 3 is 2.81 bits per heavy atom. The minimum atomic E-state index is -1.15. The van der Waals surface area contributed by atoms with Crippen molar-refractivity contribution in [2.75, 3.05) is 13.3 Å². The first-order valence-corrected chi connectivity index (χ1v) is 6.66. The second kappa shape index (κ2) is 5.09. The molecule has 2 aliphatic heterocycles. The number of carboxylic acid groups (broad SMARTS) is 1. The third-order valence-electron chi connectivity index (χ3n) is 3.50. The van der Waals surface area contributed by atoms with Crippen LogP contribution >= 0.6 is 11.6 Å². The zero-order valence-electron chi connectivity index (χ0n) is 10.8. The van der Waals surface area contributed by atoms with Gasteiger partial charge in [0.15, 0.2) is 11.5 Å². The molecule has 0 aliphatic carbocycles. The van der Waals surface area contributed by atoms with E-state index >= 15 is 0 Å². The topological polar surface area (TPSA) is 96.3 Å². The molecular formula is C13H12ClNO6. The average Bonchev–Trinajstić information content (AvgIpc) is 3.04. The van der Waals surface area contributed by atoms with Gasteiger partial charge in [-0.05, 0) is 12.1 Å². The molecule has 21 heavy (non-hydrogen) atoms. The molecule has 0 aromatic heterocycles. The first kappa shape index (κ1) is 14.0. The van der Waals surface area contributed by atoms with Gasteiger partial charge in [-0.25, -0.2) is 4.79 Å². The summed E-state index contributed by atoms with van der Waals surface area (Å²) in [4.78, 5) is 24.8. The highest BCUT2D eigenvalue weighted by Crippen LogP contribution is 2.40. The van der Waals surface area contributed by atoms with Gasteiger partial charge in [0.1, 0.15) is 6.04 Å². The van der Waals surface area contributed by atoms with E-state index in [1.54, 1.807) is 0 Å². The molecule has 0 spiro atoms. The summed E-state index contributed by atoms with van der Waals surface area (Å²) in [5.74, 6) is -0.951. The summed E-state index contributed by atoms with van der Waals surface area (Å²) < 4.78 is 10.3. The fourth-order valence-corrected chi connectivity index (χ4v) is 2.79. The van der Waals surface area contributed by atoms with E-state index in [0.29, 0.717) is 11.5 Å². The molecule has 1 aromatic carbocycles. The number of carboxylic acids is 1. The van der Waals surface area contributed by atoms with Crippen LogP contribution in [0.4, 0.5) is 0 Å². The number of likely N-dealkylation sites (tertiary alicyclic amines) is 1. The van der Waals surface area contributed by atoms with Gasteiger partial charge in [-0.1, -0.05) is 11.6 Å². The van der Waals surface area contributed by atoms with E-state index in [9.17, 15) is 14.7 Å². The van der Waals surface area contributed by atoms with Crippen molar-refractivity contribution < 1.29 is 29.3 Å². The normalized spacial score (nSPS) is 23.4. The van der Waals surface area contributed by atoms with E-state index in [0.717, 1.165) is 4.90 Å². The number of rotatable bonds is 2. The summed E-state index contributed by atoms with van der Waals surface area (Å²) in [5, 5.41) is 18.9. The number of hydrogen-bond acceptors (Lipinski definition) is 5. The lowest BCUT2D eigenvalue weighted by molar-refractivity contribution is -0.141. The van der Waals surface area contributed by atoms with E-state index in [1.807, 2.05) is 0 Å². The summed E-state index contributed by atoms with van der Waals surface area (Å²) in [7, 11) is 0. The molecule has 8 heteroatoms. The van der Waals surface area contributed by atoms with Gasteiger partial charge in [0.25, 0.3) is 5.91 Å². The number of β-amino-alcohol motifs (C(OH)–C–C–N with tert-alkyl or cyclic N) is 1. The van der Waals surface area contributed by atoms with E-state index in [4.69, 9.17) is 26.2 Å². The fourth-order valence-electron chi connectivity index (χ4n) is 2.53. The van der Waals surface area contributed by atoms with E-state index in [-0.39, 0.29) is 30.3 Å². The number of benzene rings is 1. The number of hydrogen-bond donors (Lipinski definition) is 2. The lowest BCUT2D eigenvalue weighted by atomic mass is 10.1. The van der Waals surface area contributed by atoms with Crippen molar-refractivity contribution in [1.29, 1.82) is 0 Å². The molecular weight excluding hydrogens is 302 g/mol. The minimum absolute atomic E-state index is 0.0133. The lowest BCUT2D eigenvalue weighted by Crippen LogP contribution is -2.40. The van der Waals surface area contributed by atoms with Crippen LogP contribution < -0.4 is 9.47 Å². The highest BCUT2D eigenvalue weighted by atomic mass is 35.5. The predicted octanol–water partition coefficient (Wildman–Crippen LogP) is 0.729. The van der Waals surface area contributed by atoms with Crippen molar-refractivity contribution in [3.8, 4) is 11.5 Å². The largest absolute Gasteiger partial charge is 0.480 e. The zero-order valence-corrected chi connectivity index (χ0v) is 11.5. The number of aliphatic hydroxyl groups excluding tert-OH is 1. The second-order valence-corrected chi connectivity index (χ2v) is 5.30. The molecule has 0 radical (unpaired) electrons. The molecule has 0 saturated carbocycles. The van der Waals surface area contributed by atoms with Crippen LogP contribution in [0.1, 0.15) is 16.8 Å². The first-order chi connectivity index (χ1) is 9.97. The maximum Gasteiger partial charge on any atom is 0.326 e. The molecule has 2 unspecified atom stereocenters. The van der Waals surface area contributed by atoms with Crippen molar-refractivity contribution >= 4 is 23.5 Å². The number of nitrogens with zero attached hydrogens (tertiary/aromatic N) is 1. The van der Waals surface area contributed by atoms with Gasteiger partial charge in [-0.15, -0.1) is 0 Å². The van der Waals surface area contributed by atoms with Gasteiger partial charge in [0, 0.05) is 18.5 Å². The van der Waals surface area contributed by atoms with Crippen molar-refractivity contribution in [2.45, 2.75) is 18.6 Å². The molecule has 1 amide bonds. The Morgan fingerprint density at radius 2 is 2.10 bits per heavy atom. The van der Waals surface area contributed by atoms with Crippen LogP contribution in [0.15, 0.2) is 12.1 Å². The van der Waals surface area contributed by atoms with Crippen LogP contribution in [0.2, 0.25) is 5.02 Å². The van der Waals surface area contributed by atoms with Crippen molar-refractivity contribution in [2.24, 2.45) is 0 Å². The standard InChI is InChI=1S/C13H12ClNO6/c14-8-1-6(2-10-11(8)21-5-20-10)12(17)15-4-7(16)3-9(15)13(18)19/h1-2,7,9,16H,3-5H2,(H,18,19). The maximum atomic E-state index is 12.5. The highest BCUT2D eigenvalue weighted by Gasteiger charge is 2.39. The maximum absolute atomic E-state index is 12.5. The monoisotopic (exact) mass is 313 g/mol. The van der Waals surface area contributed by atoms with Gasteiger partial charge < -0.3 is 24.6 Å². The quantitative estimate of drug-likeness (QED) is 0.835. The van der Waals surface area contributed by atoms with E-state index in [2.05, 4.69) is 0 Å². The molecule has 2 aliphatic rings. The molecule has 1 saturated heterocycles. The lowest BCUT2D eigenvalue weighted by Gasteiger charge is -2.21. The summed E-state index contributed by atoms with van der Waals surface area (Å²) in [6.45, 7) is -0.00522. The van der Waals surface area contributed by atoms with Crippen LogP contribution in [0, 0.1) is 0 Å². The summed E-state index contributed by atoms with van der Waals surface area (Å²) in [5.41, 5.74) is 0.199. The Morgan fingerprint density at radius 1 is 1.33 bits per heavy atom. The average molecular weight is 314 g/mol. The Bertz CT molecular complexity index is 619. The Kier molecular flexibility index (Phi) is 3.38. The van der Waals surface area contributed by atoms with Gasteiger partial charge in [-0.3, -0.25) is 4.79 Å². The smallest absolute Gasteiger partial charge is 0.326 e. The fraction of sp³-hybridized carbons (Fsp3) is 0.385. The zero-order chi connectivity index (χ0) is 15.1. The van der Waals surface area contributed by atoms with Crippen molar-refractivity contribution in [1.82, 2.24) is 4.90 Å². The minimum Gasteiger partial charge on any atom is -0.480 e. The van der Waals surface area contributed by atoms with Crippen molar-refractivity contribution in [3.05, 3.63) is 22.7 Å². The summed E-state index contributed by atoms with van der Waals surface area (Å²) in [6, 6.07) is 1.82. The Hall–Kier alpha value is -1.99. The molecule has 0 bridgehead atoms. The highest BCUT2D eigenvalue weighted by molar-refractivity contribution is 6.32.